The van der Waals surface area contributed by atoms with E-state index in [1.807, 2.05) is 0 Å². The number of non-ortho nitro benzene ring substituents is 1. The maximum absolute atomic E-state index is 14.9. The molecule has 1 amide bonds. The normalized spacial score (nSPS) is 17.0. The maximum Gasteiger partial charge on any atom is 0.307 e. The molecule has 1 atom stereocenters. The van der Waals surface area contributed by atoms with Crippen molar-refractivity contribution in [1.82, 2.24) is 5.43 Å². The van der Waals surface area contributed by atoms with Gasteiger partial charge in [0.2, 0.25) is 0 Å². The fraction of sp³-hybridized carbons (Fsp3) is 0.360. The van der Waals surface area contributed by atoms with Gasteiger partial charge in [0.25, 0.3) is 5.69 Å². The number of rotatable bonds is 6. The Balaban J connectivity index is 1.57. The van der Waals surface area contributed by atoms with E-state index in [2.05, 4.69) is 43.1 Å². The van der Waals surface area contributed by atoms with E-state index in [0.29, 0.717) is 5.39 Å². The molecule has 2 heterocycles. The first-order chi connectivity index (χ1) is 16.6. The minimum Gasteiger partial charge on any atom is -0.493 e. The van der Waals surface area contributed by atoms with E-state index in [9.17, 15) is 19.3 Å². The van der Waals surface area contributed by atoms with Gasteiger partial charge < -0.3 is 14.1 Å². The van der Waals surface area contributed by atoms with Crippen LogP contribution in [0.1, 0.15) is 61.7 Å². The molecule has 0 aliphatic carbocycles. The zero-order valence-electron chi connectivity index (χ0n) is 20.2. The van der Waals surface area contributed by atoms with Gasteiger partial charge in [-0.1, -0.05) is 6.92 Å². The summed E-state index contributed by atoms with van der Waals surface area (Å²) in [6.45, 7) is 9.25. The number of benzene rings is 2. The van der Waals surface area contributed by atoms with Crippen molar-refractivity contribution in [2.24, 2.45) is 5.10 Å². The maximum atomic E-state index is 14.9. The number of nitrogens with one attached hydrogen (secondary N) is 1. The quantitative estimate of drug-likeness (QED) is 0.288. The van der Waals surface area contributed by atoms with Crippen LogP contribution in [0.3, 0.4) is 0 Å². The van der Waals surface area contributed by atoms with Crippen molar-refractivity contribution in [2.75, 3.05) is 18.6 Å². The molecule has 0 radical (unpaired) electrons. The molecule has 9 nitrogen and oxygen atoms in total. The van der Waals surface area contributed by atoms with Crippen molar-refractivity contribution >= 4 is 34.5 Å². The van der Waals surface area contributed by atoms with Crippen LogP contribution in [-0.2, 0) is 0 Å². The van der Waals surface area contributed by atoms with Crippen LogP contribution in [0.15, 0.2) is 39.9 Å². The summed E-state index contributed by atoms with van der Waals surface area (Å²) in [6.07, 6.45) is 2.19. The topological polar surface area (TPSA) is 110 Å². The molecule has 4 rings (SSSR count). The van der Waals surface area contributed by atoms with Crippen molar-refractivity contribution in [3.05, 3.63) is 63.2 Å². The highest BCUT2D eigenvalue weighted by atomic mass is 19.1. The smallest absolute Gasteiger partial charge is 0.307 e. The number of hydrazone groups is 1. The third kappa shape index (κ3) is 4.43. The van der Waals surface area contributed by atoms with Crippen molar-refractivity contribution in [2.45, 2.75) is 45.6 Å². The number of hydrogen-bond donors (Lipinski definition) is 1. The summed E-state index contributed by atoms with van der Waals surface area (Å²) in [4.78, 5) is 25.3. The van der Waals surface area contributed by atoms with E-state index in [-0.39, 0.29) is 39.8 Å². The second kappa shape index (κ2) is 9.01. The van der Waals surface area contributed by atoms with Gasteiger partial charge in [0.1, 0.15) is 5.82 Å². The molecule has 10 heteroatoms. The molecule has 0 fully saturated rings. The number of carbonyl (C=O) groups excluding carboxylic acids is 1. The lowest BCUT2D eigenvalue weighted by Gasteiger charge is -2.47. The summed E-state index contributed by atoms with van der Waals surface area (Å²) in [6, 6.07) is 7.15. The SMILES string of the molecule is CCN1c2cc(F)c(/C=N\NC(=O)c3cc4cc([N+](=O)[O-])cc(OC)c4o3)cc2C(C)CC1(C)C. The Hall–Kier alpha value is -3.95. The van der Waals surface area contributed by atoms with Crippen LogP contribution in [0.2, 0.25) is 0 Å². The molecule has 0 saturated carbocycles. The lowest BCUT2D eigenvalue weighted by molar-refractivity contribution is -0.384. The van der Waals surface area contributed by atoms with Gasteiger partial charge in [0.15, 0.2) is 17.1 Å². The number of nitro groups is 1. The summed E-state index contributed by atoms with van der Waals surface area (Å²) < 4.78 is 25.6. The third-order valence-electron chi connectivity index (χ3n) is 6.41. The summed E-state index contributed by atoms with van der Waals surface area (Å²) in [5.41, 5.74) is 4.42. The van der Waals surface area contributed by atoms with Crippen LogP contribution in [-0.4, -0.2) is 36.2 Å². The number of carbonyl (C=O) groups is 1. The standard InChI is InChI=1S/C25H27FN4O5/c1-6-29-20-11-19(26)16(8-18(20)14(2)12-25(29,3)4)13-27-28-24(31)22-9-15-7-17(30(32)33)10-21(34-5)23(15)35-22/h7-11,13-14H,6,12H2,1-5H3,(H,28,31)/b27-13-. The Morgan fingerprint density at radius 1 is 1.37 bits per heavy atom. The van der Waals surface area contributed by atoms with Crippen LogP contribution >= 0.6 is 0 Å². The summed E-state index contributed by atoms with van der Waals surface area (Å²) in [5.74, 6) is -0.874. The number of halogens is 1. The van der Waals surface area contributed by atoms with Gasteiger partial charge in [-0.15, -0.1) is 0 Å². The monoisotopic (exact) mass is 482 g/mol. The molecular weight excluding hydrogens is 455 g/mol. The van der Waals surface area contributed by atoms with Gasteiger partial charge in [0, 0.05) is 34.8 Å². The van der Waals surface area contributed by atoms with E-state index in [1.165, 1.54) is 37.6 Å². The Bertz CT molecular complexity index is 1350. The summed E-state index contributed by atoms with van der Waals surface area (Å²) >= 11 is 0. The zero-order valence-corrected chi connectivity index (χ0v) is 20.2. The van der Waals surface area contributed by atoms with Gasteiger partial charge in [-0.25, -0.2) is 9.82 Å². The molecule has 3 aromatic rings. The van der Waals surface area contributed by atoms with Gasteiger partial charge >= 0.3 is 5.91 Å². The lowest BCUT2D eigenvalue weighted by atomic mass is 9.79. The van der Waals surface area contributed by atoms with Gasteiger partial charge in [-0.05, 0) is 56.9 Å². The van der Waals surface area contributed by atoms with Gasteiger partial charge in [0.05, 0.1) is 24.3 Å². The minimum absolute atomic E-state index is 0.0765. The van der Waals surface area contributed by atoms with E-state index >= 15 is 0 Å². The zero-order chi connectivity index (χ0) is 25.5. The Morgan fingerprint density at radius 3 is 2.77 bits per heavy atom. The highest BCUT2D eigenvalue weighted by Gasteiger charge is 2.36. The van der Waals surface area contributed by atoms with Crippen LogP contribution in [0, 0.1) is 15.9 Å². The van der Waals surface area contributed by atoms with E-state index < -0.39 is 16.6 Å². The van der Waals surface area contributed by atoms with E-state index in [0.717, 1.165) is 24.2 Å². The molecular formula is C25H27FN4O5. The molecule has 184 valence electrons. The van der Waals surface area contributed by atoms with Crippen molar-refractivity contribution in [3.63, 3.8) is 0 Å². The number of ether oxygens (including phenoxy) is 1. The average Bonchev–Trinajstić information content (AvgIpc) is 3.23. The minimum atomic E-state index is -0.687. The molecule has 1 aliphatic rings. The first-order valence-corrected chi connectivity index (χ1v) is 11.3. The molecule has 1 aliphatic heterocycles. The highest BCUT2D eigenvalue weighted by Crippen LogP contribution is 2.43. The largest absolute Gasteiger partial charge is 0.493 e. The molecule has 2 aromatic carbocycles. The molecule has 1 unspecified atom stereocenters. The number of methoxy groups -OCH3 is 1. The number of amides is 1. The van der Waals surface area contributed by atoms with Gasteiger partial charge in [-0.3, -0.25) is 14.9 Å². The fourth-order valence-corrected chi connectivity index (χ4v) is 4.91. The predicted octanol–water partition coefficient (Wildman–Crippen LogP) is 5.36. The Kier molecular flexibility index (Phi) is 6.23. The molecule has 1 N–H and O–H groups in total. The predicted molar refractivity (Wildman–Crippen MR) is 131 cm³/mol. The Morgan fingerprint density at radius 2 is 2.11 bits per heavy atom. The number of nitro benzene ring substituents is 1. The van der Waals surface area contributed by atoms with Crippen molar-refractivity contribution < 1.29 is 23.3 Å². The molecule has 0 saturated heterocycles. The van der Waals surface area contributed by atoms with Crippen LogP contribution in [0.5, 0.6) is 5.75 Å². The first kappa shape index (κ1) is 24.2. The van der Waals surface area contributed by atoms with Crippen LogP contribution in [0.4, 0.5) is 15.8 Å². The molecule has 35 heavy (non-hydrogen) atoms. The van der Waals surface area contributed by atoms with Gasteiger partial charge in [-0.2, -0.15) is 5.10 Å². The summed E-state index contributed by atoms with van der Waals surface area (Å²) in [5, 5.41) is 15.4. The lowest BCUT2D eigenvalue weighted by Crippen LogP contribution is -2.48. The number of anilines is 1. The third-order valence-corrected chi connectivity index (χ3v) is 6.41. The summed E-state index contributed by atoms with van der Waals surface area (Å²) in [7, 11) is 1.35. The second-order valence-corrected chi connectivity index (χ2v) is 9.23. The second-order valence-electron chi connectivity index (χ2n) is 9.23. The molecule has 0 spiro atoms. The number of furan rings is 1. The molecule has 0 bridgehead atoms. The number of nitrogens with zero attached hydrogens (tertiary/aromatic N) is 3. The highest BCUT2D eigenvalue weighted by molar-refractivity contribution is 5.98. The number of fused-ring (bicyclic) bond motifs is 2. The van der Waals surface area contributed by atoms with E-state index in [4.69, 9.17) is 9.15 Å². The fourth-order valence-electron chi connectivity index (χ4n) is 4.91. The molecule has 1 aromatic heterocycles. The Labute approximate surface area is 201 Å². The van der Waals surface area contributed by atoms with Crippen molar-refractivity contribution in [1.29, 1.82) is 0 Å². The van der Waals surface area contributed by atoms with Crippen molar-refractivity contribution in [3.8, 4) is 5.75 Å². The van der Waals surface area contributed by atoms with E-state index in [1.54, 1.807) is 6.07 Å². The van der Waals surface area contributed by atoms with Crippen LogP contribution < -0.4 is 15.1 Å². The number of hydrogen-bond acceptors (Lipinski definition) is 7. The van der Waals surface area contributed by atoms with Crippen LogP contribution in [0.25, 0.3) is 11.0 Å². The average molecular weight is 483 g/mol. The first-order valence-electron chi connectivity index (χ1n) is 11.3.